The van der Waals surface area contributed by atoms with Crippen LogP contribution in [0, 0.1) is 17.2 Å². The highest BCUT2D eigenvalue weighted by atomic mass is 19.4. The number of halogens is 3. The molecule has 20 heavy (non-hydrogen) atoms. The molecule has 1 saturated heterocycles. The van der Waals surface area contributed by atoms with Crippen LogP contribution >= 0.6 is 0 Å². The van der Waals surface area contributed by atoms with Gasteiger partial charge in [-0.3, -0.25) is 0 Å². The molecule has 0 aliphatic carbocycles. The first-order valence-corrected chi connectivity index (χ1v) is 6.43. The van der Waals surface area contributed by atoms with E-state index in [-0.39, 0.29) is 11.6 Å². The second-order valence-electron chi connectivity index (χ2n) is 5.35. The van der Waals surface area contributed by atoms with Gasteiger partial charge in [0, 0.05) is 24.8 Å². The van der Waals surface area contributed by atoms with Crippen molar-refractivity contribution in [1.82, 2.24) is 0 Å². The van der Waals surface area contributed by atoms with Gasteiger partial charge in [-0.2, -0.15) is 18.4 Å². The summed E-state index contributed by atoms with van der Waals surface area (Å²) < 4.78 is 38.8. The lowest BCUT2D eigenvalue weighted by Crippen LogP contribution is -2.46. The van der Waals surface area contributed by atoms with Gasteiger partial charge in [0.25, 0.3) is 0 Å². The molecule has 0 saturated carbocycles. The standard InChI is InChI=1S/C14H16F3N3/c1-9-4-11(19)8-20(7-9)12-3-2-10(6-18)13(5-12)14(15,16)17/h2-3,5,9,11H,4,7-8,19H2,1H3. The molecule has 0 radical (unpaired) electrons. The third kappa shape index (κ3) is 3.05. The van der Waals surface area contributed by atoms with Crippen molar-refractivity contribution in [2.24, 2.45) is 11.7 Å². The van der Waals surface area contributed by atoms with Crippen LogP contribution in [0.1, 0.15) is 24.5 Å². The van der Waals surface area contributed by atoms with E-state index >= 15 is 0 Å². The predicted octanol–water partition coefficient (Wildman–Crippen LogP) is 2.75. The molecule has 1 fully saturated rings. The Hall–Kier alpha value is -1.74. The van der Waals surface area contributed by atoms with Crippen molar-refractivity contribution in [1.29, 1.82) is 5.26 Å². The van der Waals surface area contributed by atoms with Crippen molar-refractivity contribution in [2.45, 2.75) is 25.6 Å². The van der Waals surface area contributed by atoms with E-state index in [4.69, 9.17) is 11.0 Å². The maximum absolute atomic E-state index is 12.9. The minimum absolute atomic E-state index is 0.0382. The fourth-order valence-corrected chi connectivity index (χ4v) is 2.67. The van der Waals surface area contributed by atoms with Gasteiger partial charge in [0.1, 0.15) is 0 Å². The van der Waals surface area contributed by atoms with E-state index in [1.807, 2.05) is 11.8 Å². The van der Waals surface area contributed by atoms with Gasteiger partial charge in [-0.05, 0) is 30.5 Å². The first-order chi connectivity index (χ1) is 9.31. The first kappa shape index (κ1) is 14.7. The quantitative estimate of drug-likeness (QED) is 0.862. The molecule has 2 atom stereocenters. The number of nitrogens with two attached hydrogens (primary N) is 1. The molecule has 0 spiro atoms. The van der Waals surface area contributed by atoms with Gasteiger partial charge in [0.2, 0.25) is 0 Å². The van der Waals surface area contributed by atoms with Gasteiger partial charge in [-0.25, -0.2) is 0 Å². The molecule has 1 aromatic rings. The van der Waals surface area contributed by atoms with Crippen molar-refractivity contribution >= 4 is 5.69 Å². The molecule has 0 bridgehead atoms. The van der Waals surface area contributed by atoms with E-state index in [1.54, 1.807) is 12.1 Å². The van der Waals surface area contributed by atoms with Gasteiger partial charge >= 0.3 is 6.18 Å². The highest BCUT2D eigenvalue weighted by Crippen LogP contribution is 2.35. The van der Waals surface area contributed by atoms with Gasteiger partial charge in [0.15, 0.2) is 0 Å². The van der Waals surface area contributed by atoms with Crippen molar-refractivity contribution < 1.29 is 13.2 Å². The lowest BCUT2D eigenvalue weighted by Gasteiger charge is -2.36. The van der Waals surface area contributed by atoms with E-state index in [0.29, 0.717) is 24.7 Å². The second kappa shape index (κ2) is 5.33. The van der Waals surface area contributed by atoms with Crippen LogP contribution in [0.3, 0.4) is 0 Å². The Labute approximate surface area is 115 Å². The van der Waals surface area contributed by atoms with Gasteiger partial charge in [-0.15, -0.1) is 0 Å². The lowest BCUT2D eigenvalue weighted by atomic mass is 9.95. The van der Waals surface area contributed by atoms with Crippen LogP contribution in [-0.2, 0) is 6.18 Å². The molecule has 1 aromatic carbocycles. The molecule has 108 valence electrons. The molecule has 1 aliphatic rings. The first-order valence-electron chi connectivity index (χ1n) is 6.43. The summed E-state index contributed by atoms with van der Waals surface area (Å²) in [6.45, 7) is 3.24. The number of hydrogen-bond acceptors (Lipinski definition) is 3. The normalized spacial score (nSPS) is 23.5. The molecule has 3 nitrogen and oxygen atoms in total. The van der Waals surface area contributed by atoms with Crippen molar-refractivity contribution in [3.63, 3.8) is 0 Å². The van der Waals surface area contributed by atoms with Crippen LogP contribution in [0.5, 0.6) is 0 Å². The second-order valence-corrected chi connectivity index (χ2v) is 5.35. The predicted molar refractivity (Wildman–Crippen MR) is 70.1 cm³/mol. The maximum Gasteiger partial charge on any atom is 0.417 e. The molecular formula is C14H16F3N3. The van der Waals surface area contributed by atoms with Gasteiger partial charge < -0.3 is 10.6 Å². The van der Waals surface area contributed by atoms with E-state index in [2.05, 4.69) is 0 Å². The summed E-state index contributed by atoms with van der Waals surface area (Å²) >= 11 is 0. The monoisotopic (exact) mass is 283 g/mol. The van der Waals surface area contributed by atoms with Gasteiger partial charge in [-0.1, -0.05) is 6.92 Å². The maximum atomic E-state index is 12.9. The Balaban J connectivity index is 2.36. The molecule has 1 heterocycles. The summed E-state index contributed by atoms with van der Waals surface area (Å²) in [7, 11) is 0. The zero-order chi connectivity index (χ0) is 14.9. The van der Waals surface area contributed by atoms with Crippen molar-refractivity contribution in [2.75, 3.05) is 18.0 Å². The molecule has 0 aromatic heterocycles. The number of nitrogens with zero attached hydrogens (tertiary/aromatic N) is 2. The van der Waals surface area contributed by atoms with E-state index in [1.165, 1.54) is 6.07 Å². The van der Waals surface area contributed by atoms with Gasteiger partial charge in [0.05, 0.1) is 17.2 Å². The summed E-state index contributed by atoms with van der Waals surface area (Å²) in [5.41, 5.74) is 5.15. The van der Waals surface area contributed by atoms with Crippen LogP contribution in [0.15, 0.2) is 18.2 Å². The molecule has 0 amide bonds. The summed E-state index contributed by atoms with van der Waals surface area (Å²) in [6.07, 6.45) is -3.65. The van der Waals surface area contributed by atoms with Crippen LogP contribution in [-0.4, -0.2) is 19.1 Å². The smallest absolute Gasteiger partial charge is 0.370 e. The molecular weight excluding hydrogens is 267 g/mol. The van der Waals surface area contributed by atoms with E-state index < -0.39 is 11.7 Å². The molecule has 2 unspecified atom stereocenters. The Bertz CT molecular complexity index is 523. The summed E-state index contributed by atoms with van der Waals surface area (Å²) in [5, 5.41) is 8.78. The Morgan fingerprint density at radius 2 is 2.05 bits per heavy atom. The number of hydrogen-bond donors (Lipinski definition) is 1. The highest BCUT2D eigenvalue weighted by Gasteiger charge is 2.34. The number of benzene rings is 1. The Morgan fingerprint density at radius 3 is 2.60 bits per heavy atom. The third-order valence-corrected chi connectivity index (χ3v) is 3.49. The van der Waals surface area contributed by atoms with Crippen LogP contribution in [0.4, 0.5) is 18.9 Å². The molecule has 6 heteroatoms. The van der Waals surface area contributed by atoms with Crippen LogP contribution in [0.25, 0.3) is 0 Å². The Morgan fingerprint density at radius 1 is 1.35 bits per heavy atom. The number of piperidine rings is 1. The van der Waals surface area contributed by atoms with Crippen LogP contribution < -0.4 is 10.6 Å². The number of nitriles is 1. The largest absolute Gasteiger partial charge is 0.417 e. The zero-order valence-corrected chi connectivity index (χ0v) is 11.1. The van der Waals surface area contributed by atoms with E-state index in [0.717, 1.165) is 12.5 Å². The molecule has 1 aliphatic heterocycles. The minimum Gasteiger partial charge on any atom is -0.370 e. The fourth-order valence-electron chi connectivity index (χ4n) is 2.67. The van der Waals surface area contributed by atoms with E-state index in [9.17, 15) is 13.2 Å². The number of alkyl halides is 3. The number of rotatable bonds is 1. The molecule has 2 rings (SSSR count). The zero-order valence-electron chi connectivity index (χ0n) is 11.1. The van der Waals surface area contributed by atoms with Crippen molar-refractivity contribution in [3.8, 4) is 6.07 Å². The third-order valence-electron chi connectivity index (χ3n) is 3.49. The summed E-state index contributed by atoms with van der Waals surface area (Å²) in [6, 6.07) is 5.37. The minimum atomic E-state index is -4.52. The Kier molecular flexibility index (Phi) is 3.91. The van der Waals surface area contributed by atoms with Crippen LogP contribution in [0.2, 0.25) is 0 Å². The summed E-state index contributed by atoms with van der Waals surface area (Å²) in [5.74, 6) is 0.337. The highest BCUT2D eigenvalue weighted by molar-refractivity contribution is 5.55. The van der Waals surface area contributed by atoms with Crippen molar-refractivity contribution in [3.05, 3.63) is 29.3 Å². The molecule has 2 N–H and O–H groups in total. The average molecular weight is 283 g/mol. The number of anilines is 1. The summed E-state index contributed by atoms with van der Waals surface area (Å²) in [4.78, 5) is 1.86. The fraction of sp³-hybridized carbons (Fsp3) is 0.500. The topological polar surface area (TPSA) is 53.0 Å². The lowest BCUT2D eigenvalue weighted by molar-refractivity contribution is -0.137. The average Bonchev–Trinajstić information content (AvgIpc) is 2.35. The SMILES string of the molecule is CC1CC(N)CN(c2ccc(C#N)c(C(F)(F)F)c2)C1.